The summed E-state index contributed by atoms with van der Waals surface area (Å²) >= 11 is 0. The van der Waals surface area contributed by atoms with Crippen molar-refractivity contribution < 1.29 is 9.13 Å². The maximum Gasteiger partial charge on any atom is 0.127 e. The number of methoxy groups -OCH3 is 1. The Morgan fingerprint density at radius 1 is 1.19 bits per heavy atom. The lowest BCUT2D eigenvalue weighted by molar-refractivity contribution is 0.262. The molecule has 110 valence electrons. The second-order valence-corrected chi connectivity index (χ2v) is 5.86. The van der Waals surface area contributed by atoms with E-state index in [1.807, 2.05) is 24.3 Å². The lowest BCUT2D eigenvalue weighted by atomic mass is 9.70. The SMILES string of the molecule is COc1ccc(C)cc1CC1(c2ccccc2F)CNC1. The molecular formula is C18H20FNO. The van der Waals surface area contributed by atoms with E-state index >= 15 is 0 Å². The highest BCUT2D eigenvalue weighted by Crippen LogP contribution is 2.36. The third-order valence-corrected chi connectivity index (χ3v) is 4.34. The average Bonchev–Trinajstić information content (AvgIpc) is 2.44. The summed E-state index contributed by atoms with van der Waals surface area (Å²) in [6.07, 6.45) is 0.784. The monoisotopic (exact) mass is 285 g/mol. The number of benzene rings is 2. The van der Waals surface area contributed by atoms with Crippen LogP contribution in [0.2, 0.25) is 0 Å². The molecule has 1 N–H and O–H groups in total. The van der Waals surface area contributed by atoms with E-state index in [2.05, 4.69) is 18.3 Å². The van der Waals surface area contributed by atoms with Gasteiger partial charge in [-0.3, -0.25) is 0 Å². The average molecular weight is 285 g/mol. The fraction of sp³-hybridized carbons (Fsp3) is 0.333. The molecule has 1 aliphatic heterocycles. The molecule has 2 aromatic rings. The number of halogens is 1. The molecule has 0 aromatic heterocycles. The Morgan fingerprint density at radius 3 is 2.57 bits per heavy atom. The molecule has 21 heavy (non-hydrogen) atoms. The minimum atomic E-state index is -0.174. The standard InChI is InChI=1S/C18H20FNO/c1-13-7-8-17(21-2)14(9-13)10-18(11-20-12-18)15-5-3-4-6-16(15)19/h3-9,20H,10-12H2,1-2H3. The minimum absolute atomic E-state index is 0.120. The van der Waals surface area contributed by atoms with E-state index in [-0.39, 0.29) is 11.2 Å². The highest BCUT2D eigenvalue weighted by molar-refractivity contribution is 5.42. The summed E-state index contributed by atoms with van der Waals surface area (Å²) in [5.74, 6) is 0.758. The number of hydrogen-bond donors (Lipinski definition) is 1. The normalized spacial score (nSPS) is 16.3. The van der Waals surface area contributed by atoms with Gasteiger partial charge in [0.25, 0.3) is 0 Å². The second-order valence-electron chi connectivity index (χ2n) is 5.86. The number of hydrogen-bond acceptors (Lipinski definition) is 2. The largest absolute Gasteiger partial charge is 0.496 e. The Hall–Kier alpha value is -1.87. The van der Waals surface area contributed by atoms with Crippen molar-refractivity contribution in [2.75, 3.05) is 20.2 Å². The van der Waals surface area contributed by atoms with Gasteiger partial charge in [0.05, 0.1) is 7.11 Å². The maximum atomic E-state index is 14.2. The van der Waals surface area contributed by atoms with Gasteiger partial charge in [-0.25, -0.2) is 4.39 Å². The topological polar surface area (TPSA) is 21.3 Å². The van der Waals surface area contributed by atoms with Crippen LogP contribution < -0.4 is 10.1 Å². The molecule has 1 heterocycles. The number of nitrogens with one attached hydrogen (secondary N) is 1. The van der Waals surface area contributed by atoms with Crippen molar-refractivity contribution in [2.24, 2.45) is 0 Å². The molecule has 1 saturated heterocycles. The quantitative estimate of drug-likeness (QED) is 0.931. The molecule has 0 radical (unpaired) electrons. The lowest BCUT2D eigenvalue weighted by Crippen LogP contribution is -2.58. The van der Waals surface area contributed by atoms with Gasteiger partial charge in [-0.05, 0) is 36.6 Å². The van der Waals surface area contributed by atoms with E-state index < -0.39 is 0 Å². The van der Waals surface area contributed by atoms with Crippen molar-refractivity contribution in [2.45, 2.75) is 18.8 Å². The number of ether oxygens (including phenoxy) is 1. The Kier molecular flexibility index (Phi) is 3.68. The molecule has 0 atom stereocenters. The molecule has 1 fully saturated rings. The Bertz CT molecular complexity index is 649. The van der Waals surface area contributed by atoms with E-state index in [1.165, 1.54) is 5.56 Å². The van der Waals surface area contributed by atoms with Crippen LogP contribution in [0.1, 0.15) is 16.7 Å². The van der Waals surface area contributed by atoms with Crippen LogP contribution in [-0.2, 0) is 11.8 Å². The zero-order valence-electron chi connectivity index (χ0n) is 12.4. The summed E-state index contributed by atoms with van der Waals surface area (Å²) in [7, 11) is 1.68. The maximum absolute atomic E-state index is 14.2. The highest BCUT2D eigenvalue weighted by atomic mass is 19.1. The second kappa shape index (κ2) is 5.49. The van der Waals surface area contributed by atoms with Crippen LogP contribution in [0.25, 0.3) is 0 Å². The van der Waals surface area contributed by atoms with Gasteiger partial charge in [0.2, 0.25) is 0 Å². The number of rotatable bonds is 4. The molecule has 0 unspecified atom stereocenters. The fourth-order valence-corrected chi connectivity index (χ4v) is 3.14. The van der Waals surface area contributed by atoms with Crippen molar-refractivity contribution in [3.8, 4) is 5.75 Å². The molecule has 2 aromatic carbocycles. The van der Waals surface area contributed by atoms with Crippen molar-refractivity contribution in [1.29, 1.82) is 0 Å². The van der Waals surface area contributed by atoms with E-state index in [0.29, 0.717) is 0 Å². The van der Waals surface area contributed by atoms with Crippen molar-refractivity contribution in [1.82, 2.24) is 5.32 Å². The Balaban J connectivity index is 1.99. The van der Waals surface area contributed by atoms with Crippen molar-refractivity contribution in [3.05, 3.63) is 65.0 Å². The molecule has 0 bridgehead atoms. The summed E-state index contributed by atoms with van der Waals surface area (Å²) in [6.45, 7) is 3.66. The highest BCUT2D eigenvalue weighted by Gasteiger charge is 2.41. The predicted octanol–water partition coefficient (Wildman–Crippen LogP) is 3.23. The van der Waals surface area contributed by atoms with Crippen LogP contribution in [-0.4, -0.2) is 20.2 Å². The minimum Gasteiger partial charge on any atom is -0.496 e. The Labute approximate surface area is 125 Å². The zero-order valence-corrected chi connectivity index (χ0v) is 12.4. The molecule has 0 spiro atoms. The molecule has 3 heteroatoms. The molecule has 0 amide bonds. The zero-order chi connectivity index (χ0) is 14.9. The van der Waals surface area contributed by atoms with E-state index in [4.69, 9.17) is 4.74 Å². The van der Waals surface area contributed by atoms with Crippen LogP contribution >= 0.6 is 0 Å². The third-order valence-electron chi connectivity index (χ3n) is 4.34. The number of aryl methyl sites for hydroxylation is 1. The molecule has 2 nitrogen and oxygen atoms in total. The third kappa shape index (κ3) is 2.54. The molecule has 0 saturated carbocycles. The molecule has 0 aliphatic carbocycles. The summed E-state index contributed by atoms with van der Waals surface area (Å²) in [5.41, 5.74) is 2.96. The first-order valence-corrected chi connectivity index (χ1v) is 7.24. The Morgan fingerprint density at radius 2 is 1.95 bits per heavy atom. The smallest absolute Gasteiger partial charge is 0.127 e. The summed E-state index contributed by atoms with van der Waals surface area (Å²) in [6, 6.07) is 13.3. The van der Waals surface area contributed by atoms with Gasteiger partial charge in [0, 0.05) is 18.5 Å². The van der Waals surface area contributed by atoms with Gasteiger partial charge in [-0.15, -0.1) is 0 Å². The van der Waals surface area contributed by atoms with Crippen LogP contribution in [0.15, 0.2) is 42.5 Å². The van der Waals surface area contributed by atoms with Crippen molar-refractivity contribution in [3.63, 3.8) is 0 Å². The van der Waals surface area contributed by atoms with E-state index in [1.54, 1.807) is 19.2 Å². The first kappa shape index (κ1) is 14.1. The molecular weight excluding hydrogens is 265 g/mol. The van der Waals surface area contributed by atoms with Crippen LogP contribution in [0, 0.1) is 12.7 Å². The fourth-order valence-electron chi connectivity index (χ4n) is 3.14. The lowest BCUT2D eigenvalue weighted by Gasteiger charge is -2.43. The van der Waals surface area contributed by atoms with Crippen molar-refractivity contribution >= 4 is 0 Å². The van der Waals surface area contributed by atoms with Crippen LogP contribution in [0.3, 0.4) is 0 Å². The van der Waals surface area contributed by atoms with E-state index in [0.717, 1.165) is 36.4 Å². The first-order chi connectivity index (χ1) is 10.1. The van der Waals surface area contributed by atoms with Gasteiger partial charge in [-0.2, -0.15) is 0 Å². The van der Waals surface area contributed by atoms with Crippen LogP contribution in [0.5, 0.6) is 5.75 Å². The van der Waals surface area contributed by atoms with Gasteiger partial charge < -0.3 is 10.1 Å². The van der Waals surface area contributed by atoms with Gasteiger partial charge in [-0.1, -0.05) is 35.9 Å². The summed E-state index contributed by atoms with van der Waals surface area (Å²) < 4.78 is 19.7. The molecule has 1 aliphatic rings. The first-order valence-electron chi connectivity index (χ1n) is 7.24. The predicted molar refractivity (Wildman–Crippen MR) is 82.4 cm³/mol. The van der Waals surface area contributed by atoms with Gasteiger partial charge in [0.1, 0.15) is 11.6 Å². The van der Waals surface area contributed by atoms with E-state index in [9.17, 15) is 4.39 Å². The van der Waals surface area contributed by atoms with Crippen LogP contribution in [0.4, 0.5) is 4.39 Å². The molecule has 3 rings (SSSR count). The van der Waals surface area contributed by atoms with Gasteiger partial charge >= 0.3 is 0 Å². The summed E-state index contributed by atoms with van der Waals surface area (Å²) in [5, 5.41) is 3.29. The van der Waals surface area contributed by atoms with Gasteiger partial charge in [0.15, 0.2) is 0 Å². The summed E-state index contributed by atoms with van der Waals surface area (Å²) in [4.78, 5) is 0.